The van der Waals surface area contributed by atoms with E-state index in [4.69, 9.17) is 0 Å². The van der Waals surface area contributed by atoms with Crippen LogP contribution in [0.25, 0.3) is 0 Å². The molecule has 1 saturated heterocycles. The van der Waals surface area contributed by atoms with E-state index in [9.17, 15) is 4.39 Å². The van der Waals surface area contributed by atoms with E-state index in [2.05, 4.69) is 39.2 Å². The van der Waals surface area contributed by atoms with Gasteiger partial charge in [0, 0.05) is 31.9 Å². The lowest BCUT2D eigenvalue weighted by atomic mass is 10.2. The van der Waals surface area contributed by atoms with E-state index in [1.54, 1.807) is 0 Å². The highest BCUT2D eigenvalue weighted by Crippen LogP contribution is 2.17. The van der Waals surface area contributed by atoms with Crippen molar-refractivity contribution in [2.75, 3.05) is 31.1 Å². The van der Waals surface area contributed by atoms with Crippen LogP contribution in [0, 0.1) is 5.82 Å². The Bertz CT molecular complexity index is 601. The quantitative estimate of drug-likeness (QED) is 0.861. The van der Waals surface area contributed by atoms with Crippen molar-refractivity contribution >= 4 is 5.69 Å². The molecule has 0 saturated carbocycles. The average molecular weight is 304 g/mol. The zero-order valence-corrected chi connectivity index (χ0v) is 13.0. The zero-order chi connectivity index (χ0) is 15.5. The second-order valence-electron chi connectivity index (χ2n) is 5.87. The van der Waals surface area contributed by atoms with Gasteiger partial charge in [0.2, 0.25) is 0 Å². The van der Waals surface area contributed by atoms with E-state index in [0.717, 1.165) is 44.2 Å². The molecule has 0 bridgehead atoms. The van der Waals surface area contributed by atoms with E-state index in [1.165, 1.54) is 12.1 Å². The van der Waals surface area contributed by atoms with Gasteiger partial charge in [0.05, 0.1) is 12.6 Å². The molecule has 0 atom stereocenters. The van der Waals surface area contributed by atoms with Gasteiger partial charge in [-0.1, -0.05) is 0 Å². The molecule has 1 aromatic carbocycles. The molecule has 0 unspecified atom stereocenters. The van der Waals surface area contributed by atoms with Crippen molar-refractivity contribution in [3.05, 3.63) is 35.9 Å². The molecule has 22 heavy (non-hydrogen) atoms. The standard InChI is InChI=1S/C15H21FN6/c1-12(2)22-15(17-18-19-22)11-20-7-9-21(10-8-20)14-5-3-13(16)4-6-14/h3-6,12H,7-11H2,1-2H3. The van der Waals surface area contributed by atoms with Crippen molar-refractivity contribution in [1.82, 2.24) is 25.1 Å². The molecule has 2 aromatic rings. The van der Waals surface area contributed by atoms with Gasteiger partial charge in [-0.15, -0.1) is 5.10 Å². The molecular formula is C15H21FN6. The fourth-order valence-electron chi connectivity index (χ4n) is 2.73. The highest BCUT2D eigenvalue weighted by molar-refractivity contribution is 5.46. The van der Waals surface area contributed by atoms with Gasteiger partial charge in [0.1, 0.15) is 5.82 Å². The van der Waals surface area contributed by atoms with Crippen molar-refractivity contribution in [1.29, 1.82) is 0 Å². The van der Waals surface area contributed by atoms with Crippen LogP contribution in [0.5, 0.6) is 0 Å². The molecule has 0 N–H and O–H groups in total. The Morgan fingerprint density at radius 3 is 2.41 bits per heavy atom. The SMILES string of the molecule is CC(C)n1nnnc1CN1CCN(c2ccc(F)cc2)CC1. The fourth-order valence-corrected chi connectivity index (χ4v) is 2.73. The number of hydrogen-bond donors (Lipinski definition) is 0. The van der Waals surface area contributed by atoms with Crippen LogP contribution in [0.2, 0.25) is 0 Å². The number of halogens is 1. The minimum atomic E-state index is -0.192. The van der Waals surface area contributed by atoms with Crippen LogP contribution in [0.4, 0.5) is 10.1 Å². The van der Waals surface area contributed by atoms with Crippen molar-refractivity contribution in [2.45, 2.75) is 26.4 Å². The molecule has 7 heteroatoms. The van der Waals surface area contributed by atoms with Crippen LogP contribution in [0.15, 0.2) is 24.3 Å². The van der Waals surface area contributed by atoms with E-state index in [1.807, 2.05) is 16.8 Å². The van der Waals surface area contributed by atoms with E-state index in [0.29, 0.717) is 0 Å². The molecule has 0 aliphatic carbocycles. The molecule has 118 valence electrons. The van der Waals surface area contributed by atoms with Crippen LogP contribution < -0.4 is 4.90 Å². The first kappa shape index (κ1) is 14.9. The second kappa shape index (κ2) is 6.39. The summed E-state index contributed by atoms with van der Waals surface area (Å²) in [5, 5.41) is 11.9. The van der Waals surface area contributed by atoms with Crippen LogP contribution in [-0.4, -0.2) is 51.3 Å². The summed E-state index contributed by atoms with van der Waals surface area (Å²) in [5.41, 5.74) is 1.08. The molecule has 0 spiro atoms. The predicted octanol–water partition coefficient (Wildman–Crippen LogP) is 1.72. The van der Waals surface area contributed by atoms with Crippen LogP contribution in [0.3, 0.4) is 0 Å². The summed E-state index contributed by atoms with van der Waals surface area (Å²) in [6.07, 6.45) is 0. The zero-order valence-electron chi connectivity index (χ0n) is 13.0. The molecule has 1 aliphatic rings. The number of tetrazole rings is 1. The maximum Gasteiger partial charge on any atom is 0.165 e. The summed E-state index contributed by atoms with van der Waals surface area (Å²) in [5.74, 6) is 0.716. The molecule has 6 nitrogen and oxygen atoms in total. The minimum absolute atomic E-state index is 0.192. The molecule has 3 rings (SSSR count). The lowest BCUT2D eigenvalue weighted by Crippen LogP contribution is -2.46. The highest BCUT2D eigenvalue weighted by atomic mass is 19.1. The second-order valence-corrected chi connectivity index (χ2v) is 5.87. The third-order valence-electron chi connectivity index (χ3n) is 3.98. The van der Waals surface area contributed by atoms with Gasteiger partial charge in [-0.05, 0) is 48.5 Å². The van der Waals surface area contributed by atoms with E-state index >= 15 is 0 Å². The number of piperazine rings is 1. The first-order chi connectivity index (χ1) is 10.6. The third kappa shape index (κ3) is 3.24. The van der Waals surface area contributed by atoms with Crippen molar-refractivity contribution in [3.8, 4) is 0 Å². The maximum atomic E-state index is 13.0. The van der Waals surface area contributed by atoms with Gasteiger partial charge in [-0.25, -0.2) is 9.07 Å². The number of aromatic nitrogens is 4. The lowest BCUT2D eigenvalue weighted by molar-refractivity contribution is 0.237. The summed E-state index contributed by atoms with van der Waals surface area (Å²) in [6.45, 7) is 8.66. The molecule has 2 heterocycles. The molecule has 1 fully saturated rings. The molecule has 1 aliphatic heterocycles. The van der Waals surface area contributed by atoms with Crippen molar-refractivity contribution < 1.29 is 4.39 Å². The Labute approximate surface area is 129 Å². The Morgan fingerprint density at radius 2 is 1.77 bits per heavy atom. The normalized spacial score (nSPS) is 16.5. The number of benzene rings is 1. The number of hydrogen-bond acceptors (Lipinski definition) is 5. The Balaban J connectivity index is 1.57. The molecule has 0 amide bonds. The first-order valence-electron chi connectivity index (χ1n) is 7.63. The van der Waals surface area contributed by atoms with Gasteiger partial charge in [0.25, 0.3) is 0 Å². The average Bonchev–Trinajstić information content (AvgIpc) is 2.97. The smallest absolute Gasteiger partial charge is 0.165 e. The van der Waals surface area contributed by atoms with Gasteiger partial charge in [-0.3, -0.25) is 4.90 Å². The molecule has 1 aromatic heterocycles. The Morgan fingerprint density at radius 1 is 1.09 bits per heavy atom. The van der Waals surface area contributed by atoms with E-state index in [-0.39, 0.29) is 11.9 Å². The molecular weight excluding hydrogens is 283 g/mol. The summed E-state index contributed by atoms with van der Waals surface area (Å²) in [7, 11) is 0. The third-order valence-corrected chi connectivity index (χ3v) is 3.98. The maximum absolute atomic E-state index is 13.0. The van der Waals surface area contributed by atoms with Gasteiger partial charge in [-0.2, -0.15) is 0 Å². The van der Waals surface area contributed by atoms with Crippen LogP contribution in [-0.2, 0) is 6.54 Å². The van der Waals surface area contributed by atoms with Crippen molar-refractivity contribution in [2.24, 2.45) is 0 Å². The van der Waals surface area contributed by atoms with Gasteiger partial charge in [0.15, 0.2) is 5.82 Å². The van der Waals surface area contributed by atoms with E-state index < -0.39 is 0 Å². The summed E-state index contributed by atoms with van der Waals surface area (Å²) in [6, 6.07) is 6.97. The van der Waals surface area contributed by atoms with Crippen molar-refractivity contribution in [3.63, 3.8) is 0 Å². The topological polar surface area (TPSA) is 50.1 Å². The first-order valence-corrected chi connectivity index (χ1v) is 7.63. The largest absolute Gasteiger partial charge is 0.369 e. The monoisotopic (exact) mass is 304 g/mol. The van der Waals surface area contributed by atoms with Crippen LogP contribution >= 0.6 is 0 Å². The highest BCUT2D eigenvalue weighted by Gasteiger charge is 2.20. The minimum Gasteiger partial charge on any atom is -0.369 e. The predicted molar refractivity (Wildman–Crippen MR) is 82.1 cm³/mol. The number of rotatable bonds is 4. The number of anilines is 1. The Hall–Kier alpha value is -2.02. The molecule has 0 radical (unpaired) electrons. The Kier molecular flexibility index (Phi) is 4.33. The van der Waals surface area contributed by atoms with Gasteiger partial charge >= 0.3 is 0 Å². The lowest BCUT2D eigenvalue weighted by Gasteiger charge is -2.35. The fraction of sp³-hybridized carbons (Fsp3) is 0.533. The summed E-state index contributed by atoms with van der Waals surface area (Å²) >= 11 is 0. The summed E-state index contributed by atoms with van der Waals surface area (Å²) < 4.78 is 14.9. The summed E-state index contributed by atoms with van der Waals surface area (Å²) in [4.78, 5) is 4.63. The van der Waals surface area contributed by atoms with Crippen LogP contribution in [0.1, 0.15) is 25.7 Å². The van der Waals surface area contributed by atoms with Gasteiger partial charge < -0.3 is 4.90 Å². The number of nitrogens with zero attached hydrogens (tertiary/aromatic N) is 6.